The number of fused-ring (bicyclic) bond motifs is 3. The van der Waals surface area contributed by atoms with Crippen LogP contribution in [0.15, 0.2) is 53.6 Å². The van der Waals surface area contributed by atoms with Crippen molar-refractivity contribution in [2.45, 2.75) is 56.3 Å². The third-order valence-corrected chi connectivity index (χ3v) is 10.6. The van der Waals surface area contributed by atoms with E-state index in [0.29, 0.717) is 22.2 Å². The lowest BCUT2D eigenvalue weighted by Crippen LogP contribution is -2.54. The number of amides is 1. The highest BCUT2D eigenvalue weighted by Gasteiger charge is 2.69. The van der Waals surface area contributed by atoms with Gasteiger partial charge < -0.3 is 21.1 Å². The summed E-state index contributed by atoms with van der Waals surface area (Å²) in [6.45, 7) is 2.73. The van der Waals surface area contributed by atoms with E-state index in [1.807, 2.05) is 43.3 Å². The van der Waals surface area contributed by atoms with Crippen LogP contribution in [-0.2, 0) is 15.1 Å². The summed E-state index contributed by atoms with van der Waals surface area (Å²) in [7, 11) is 1.38. The first kappa shape index (κ1) is 27.0. The van der Waals surface area contributed by atoms with Crippen molar-refractivity contribution < 1.29 is 14.3 Å². The average Bonchev–Trinajstić information content (AvgIpc) is 3.53. The minimum atomic E-state index is -0.886. The Kier molecular flexibility index (Phi) is 6.51. The Morgan fingerprint density at radius 3 is 2.68 bits per heavy atom. The molecule has 214 valence electrons. The lowest BCUT2D eigenvalue weighted by molar-refractivity contribution is -0.130. The van der Waals surface area contributed by atoms with Gasteiger partial charge in [0.2, 0.25) is 5.91 Å². The molecule has 9 heteroatoms. The number of nitrogens with one attached hydrogen (secondary N) is 2. The second-order valence-corrected chi connectivity index (χ2v) is 13.0. The van der Waals surface area contributed by atoms with E-state index in [2.05, 4.69) is 21.6 Å². The molecule has 1 spiro atoms. The van der Waals surface area contributed by atoms with Gasteiger partial charge >= 0.3 is 5.97 Å². The van der Waals surface area contributed by atoms with E-state index < -0.39 is 11.5 Å². The maximum Gasteiger partial charge on any atom is 0.338 e. The molecule has 2 aliphatic carbocycles. The predicted molar refractivity (Wildman–Crippen MR) is 161 cm³/mol. The van der Waals surface area contributed by atoms with E-state index in [4.69, 9.17) is 33.7 Å². The summed E-state index contributed by atoms with van der Waals surface area (Å²) in [5, 5.41) is 8.54. The Labute approximate surface area is 250 Å². The third kappa shape index (κ3) is 4.00. The van der Waals surface area contributed by atoms with Gasteiger partial charge in [-0.15, -0.1) is 0 Å². The Morgan fingerprint density at radius 1 is 1.17 bits per heavy atom. The lowest BCUT2D eigenvalue weighted by atomic mass is 9.70. The quantitative estimate of drug-likeness (QED) is 0.305. The van der Waals surface area contributed by atoms with Gasteiger partial charge in [0, 0.05) is 63.5 Å². The number of nitrogen functional groups attached to an aromatic ring is 1. The monoisotopic (exact) mass is 592 g/mol. The number of nitrogens with two attached hydrogens (primary N) is 1. The Balaban J connectivity index is 1.35. The number of likely N-dealkylation sites (tertiary alicyclic amines) is 1. The first-order valence-corrected chi connectivity index (χ1v) is 15.2. The molecule has 5 aliphatic rings. The molecule has 0 radical (unpaired) electrons. The number of hydrogen-bond acceptors (Lipinski definition) is 6. The van der Waals surface area contributed by atoms with Gasteiger partial charge in [-0.25, -0.2) is 4.79 Å². The van der Waals surface area contributed by atoms with Crippen LogP contribution in [0.4, 0.5) is 11.4 Å². The van der Waals surface area contributed by atoms with Crippen molar-refractivity contribution in [2.75, 3.05) is 24.7 Å². The number of allylic oxidation sites excluding steroid dienone is 4. The van der Waals surface area contributed by atoms with E-state index in [9.17, 15) is 9.59 Å². The van der Waals surface area contributed by atoms with Gasteiger partial charge in [0.15, 0.2) is 0 Å². The van der Waals surface area contributed by atoms with Crippen molar-refractivity contribution in [3.05, 3.63) is 80.9 Å². The number of ether oxygens (including phenoxy) is 1. The van der Waals surface area contributed by atoms with Crippen LogP contribution in [0.3, 0.4) is 0 Å². The molecule has 3 fully saturated rings. The number of carbonyl (C=O) groups excluding carboxylic acids is 2. The van der Waals surface area contributed by atoms with E-state index in [0.717, 1.165) is 46.8 Å². The number of halogens is 2. The summed E-state index contributed by atoms with van der Waals surface area (Å²) >= 11 is 13.3. The molecular formula is C32H34Cl2N4O3. The normalized spacial score (nSPS) is 32.1. The molecule has 4 N–H and O–H groups in total. The van der Waals surface area contributed by atoms with Crippen molar-refractivity contribution in [2.24, 2.45) is 17.8 Å². The van der Waals surface area contributed by atoms with E-state index in [-0.39, 0.29) is 35.9 Å². The van der Waals surface area contributed by atoms with Gasteiger partial charge in [-0.1, -0.05) is 47.5 Å². The molecule has 41 heavy (non-hydrogen) atoms. The molecule has 2 aromatic carbocycles. The SMILES string of the molecule is COC(=O)c1ccc(C2CC[C@H]3[C@@H](N2)C(C2C=CC=C2Cl)[C@]2(C(=O)Nc4cc(Cl)ccc42)N3CC2CC2)c(N)c1C. The molecule has 3 unspecified atom stereocenters. The number of piperidine rings is 1. The number of carbonyl (C=O) groups is 2. The fraction of sp³-hybridized carbons (Fsp3) is 0.438. The zero-order valence-electron chi connectivity index (χ0n) is 23.1. The molecule has 2 aromatic rings. The van der Waals surface area contributed by atoms with Crippen molar-refractivity contribution >= 4 is 46.5 Å². The molecule has 3 aliphatic heterocycles. The van der Waals surface area contributed by atoms with Gasteiger partial charge in [0.25, 0.3) is 0 Å². The number of methoxy groups -OCH3 is 1. The van der Waals surface area contributed by atoms with Crippen LogP contribution in [0.2, 0.25) is 5.02 Å². The fourth-order valence-electron chi connectivity index (χ4n) is 7.99. The second-order valence-electron chi connectivity index (χ2n) is 12.1. The number of benzene rings is 2. The second kappa shape index (κ2) is 9.87. The van der Waals surface area contributed by atoms with Crippen molar-refractivity contribution in [3.8, 4) is 0 Å². The van der Waals surface area contributed by atoms with Crippen molar-refractivity contribution in [3.63, 3.8) is 0 Å². The van der Waals surface area contributed by atoms with Crippen molar-refractivity contribution in [1.29, 1.82) is 0 Å². The molecule has 0 bridgehead atoms. The fourth-order valence-corrected chi connectivity index (χ4v) is 8.44. The van der Waals surface area contributed by atoms with Gasteiger partial charge in [0.1, 0.15) is 5.54 Å². The average molecular weight is 594 g/mol. The summed E-state index contributed by atoms with van der Waals surface area (Å²) in [6.07, 6.45) is 10.2. The van der Waals surface area contributed by atoms with Crippen LogP contribution in [-0.4, -0.2) is 42.5 Å². The van der Waals surface area contributed by atoms with Crippen LogP contribution in [0.25, 0.3) is 0 Å². The smallest absolute Gasteiger partial charge is 0.338 e. The first-order valence-electron chi connectivity index (χ1n) is 14.4. The molecule has 7 nitrogen and oxygen atoms in total. The van der Waals surface area contributed by atoms with Crippen LogP contribution >= 0.6 is 23.2 Å². The van der Waals surface area contributed by atoms with Crippen LogP contribution in [0.5, 0.6) is 0 Å². The van der Waals surface area contributed by atoms with Crippen LogP contribution < -0.4 is 16.4 Å². The molecule has 6 atom stereocenters. The zero-order valence-corrected chi connectivity index (χ0v) is 24.6. The molecule has 7 rings (SSSR count). The maximum atomic E-state index is 14.4. The van der Waals surface area contributed by atoms with E-state index in [1.165, 1.54) is 20.0 Å². The van der Waals surface area contributed by atoms with E-state index in [1.54, 1.807) is 6.07 Å². The highest BCUT2D eigenvalue weighted by Crippen LogP contribution is 2.60. The van der Waals surface area contributed by atoms with E-state index >= 15 is 0 Å². The number of esters is 1. The minimum Gasteiger partial charge on any atom is -0.465 e. The summed E-state index contributed by atoms with van der Waals surface area (Å²) in [6, 6.07) is 9.59. The molecule has 0 aromatic heterocycles. The van der Waals surface area contributed by atoms with Gasteiger partial charge in [-0.2, -0.15) is 0 Å². The summed E-state index contributed by atoms with van der Waals surface area (Å²) in [5.74, 6) is -0.0898. The predicted octanol–water partition coefficient (Wildman–Crippen LogP) is 5.68. The third-order valence-electron chi connectivity index (χ3n) is 10.0. The van der Waals surface area contributed by atoms with Crippen LogP contribution in [0, 0.1) is 24.7 Å². The zero-order chi connectivity index (χ0) is 28.6. The Bertz CT molecular complexity index is 1520. The summed E-state index contributed by atoms with van der Waals surface area (Å²) < 4.78 is 4.96. The molecule has 2 saturated heterocycles. The van der Waals surface area contributed by atoms with Crippen LogP contribution in [0.1, 0.15) is 58.8 Å². The number of rotatable bonds is 5. The number of hydrogen-bond donors (Lipinski definition) is 3. The highest BCUT2D eigenvalue weighted by atomic mass is 35.5. The Hall–Kier alpha value is -2.84. The summed E-state index contributed by atoms with van der Waals surface area (Å²) in [4.78, 5) is 29.2. The highest BCUT2D eigenvalue weighted by molar-refractivity contribution is 6.31. The number of anilines is 2. The maximum absolute atomic E-state index is 14.4. The van der Waals surface area contributed by atoms with Gasteiger partial charge in [-0.3, -0.25) is 9.69 Å². The number of nitrogens with zero attached hydrogens (tertiary/aromatic N) is 1. The lowest BCUT2D eigenvalue weighted by Gasteiger charge is -2.41. The molecule has 1 saturated carbocycles. The standard InChI is InChI=1S/C32H34Cl2N4O3/c1-16-19(30(39)41-2)9-10-21(28(16)35)24-12-13-26-29(36-24)27(20-4-3-5-23(20)34)32(38(26)15-17-6-7-17)22-11-8-18(33)14-25(22)37-31(32)40/h3-5,8-11,14,17,20,24,26-27,29,36H,6-7,12-13,15,35H2,1-2H3,(H,37,40)/t20?,24?,26-,27?,29+,32+/m0/s1. The first-order chi connectivity index (χ1) is 19.7. The minimum absolute atomic E-state index is 0.00396. The topological polar surface area (TPSA) is 96.7 Å². The molecular weight excluding hydrogens is 559 g/mol. The Morgan fingerprint density at radius 2 is 1.98 bits per heavy atom. The van der Waals surface area contributed by atoms with Gasteiger partial charge in [-0.05, 0) is 73.9 Å². The molecule has 3 heterocycles. The van der Waals surface area contributed by atoms with Crippen molar-refractivity contribution in [1.82, 2.24) is 10.2 Å². The van der Waals surface area contributed by atoms with Gasteiger partial charge in [0.05, 0.1) is 12.7 Å². The largest absolute Gasteiger partial charge is 0.465 e. The summed E-state index contributed by atoms with van der Waals surface area (Å²) in [5.41, 5.74) is 10.3. The molecule has 1 amide bonds.